The van der Waals surface area contributed by atoms with E-state index in [-0.39, 0.29) is 13.2 Å². The summed E-state index contributed by atoms with van der Waals surface area (Å²) in [7, 11) is 0. The average Bonchev–Trinajstić information content (AvgIpc) is 2.45. The van der Waals surface area contributed by atoms with E-state index in [0.717, 1.165) is 19.5 Å². The van der Waals surface area contributed by atoms with E-state index < -0.39 is 0 Å². The molecule has 1 aromatic carbocycles. The number of benzene rings is 1. The van der Waals surface area contributed by atoms with Crippen LogP contribution < -0.4 is 0 Å². The number of hydrogen-bond acceptors (Lipinski definition) is 3. The lowest BCUT2D eigenvalue weighted by Gasteiger charge is -2.31. The summed E-state index contributed by atoms with van der Waals surface area (Å²) in [6.07, 6.45) is 4.48. The summed E-state index contributed by atoms with van der Waals surface area (Å²) in [6.45, 7) is 2.99. The first-order valence-corrected chi connectivity index (χ1v) is 7.37. The highest BCUT2D eigenvalue weighted by molar-refractivity contribution is 5.32. The van der Waals surface area contributed by atoms with Gasteiger partial charge in [0.25, 0.3) is 0 Å². The highest BCUT2D eigenvalue weighted by atomic mass is 16.3. The van der Waals surface area contributed by atoms with E-state index in [1.165, 1.54) is 30.4 Å². The van der Waals surface area contributed by atoms with Crippen LogP contribution in [0.4, 0.5) is 0 Å². The third kappa shape index (κ3) is 4.03. The fourth-order valence-corrected chi connectivity index (χ4v) is 3.09. The molecule has 0 fully saturated rings. The standard InChI is InChI=1S/C16H25NO2/c18-11-4-9-17(10-12-19)13-15-7-3-6-14-5-1-2-8-16(14)15/h1-2,5,8,15,18-19H,3-4,6-7,9-13H2. The van der Waals surface area contributed by atoms with Crippen molar-refractivity contribution in [3.8, 4) is 0 Å². The third-order valence-electron chi connectivity index (χ3n) is 4.02. The van der Waals surface area contributed by atoms with Crippen molar-refractivity contribution in [2.24, 2.45) is 0 Å². The number of aliphatic hydroxyl groups excluding tert-OH is 2. The van der Waals surface area contributed by atoms with Gasteiger partial charge in [0, 0.05) is 26.2 Å². The fraction of sp³-hybridized carbons (Fsp3) is 0.625. The van der Waals surface area contributed by atoms with Gasteiger partial charge >= 0.3 is 0 Å². The Labute approximate surface area is 115 Å². The summed E-state index contributed by atoms with van der Waals surface area (Å²) in [4.78, 5) is 2.28. The topological polar surface area (TPSA) is 43.7 Å². The van der Waals surface area contributed by atoms with E-state index in [9.17, 15) is 0 Å². The normalized spacial score (nSPS) is 18.6. The molecule has 3 nitrogen and oxygen atoms in total. The number of rotatable bonds is 7. The molecule has 2 rings (SSSR count). The van der Waals surface area contributed by atoms with Crippen molar-refractivity contribution in [2.75, 3.05) is 32.8 Å². The zero-order valence-corrected chi connectivity index (χ0v) is 11.6. The van der Waals surface area contributed by atoms with Gasteiger partial charge in [0.15, 0.2) is 0 Å². The van der Waals surface area contributed by atoms with Crippen molar-refractivity contribution in [3.63, 3.8) is 0 Å². The van der Waals surface area contributed by atoms with Gasteiger partial charge in [-0.1, -0.05) is 24.3 Å². The molecule has 3 heteroatoms. The van der Waals surface area contributed by atoms with Gasteiger partial charge < -0.3 is 15.1 Å². The minimum absolute atomic E-state index is 0.194. The molecule has 0 aromatic heterocycles. The van der Waals surface area contributed by atoms with Crippen molar-refractivity contribution >= 4 is 0 Å². The Balaban J connectivity index is 2.01. The first-order valence-electron chi connectivity index (χ1n) is 7.37. The maximum absolute atomic E-state index is 9.16. The lowest BCUT2D eigenvalue weighted by Crippen LogP contribution is -2.33. The second kappa shape index (κ2) is 7.63. The van der Waals surface area contributed by atoms with E-state index in [1.54, 1.807) is 0 Å². The molecule has 0 spiro atoms. The fourth-order valence-electron chi connectivity index (χ4n) is 3.09. The minimum Gasteiger partial charge on any atom is -0.396 e. The van der Waals surface area contributed by atoms with Crippen LogP contribution in [0, 0.1) is 0 Å². The van der Waals surface area contributed by atoms with Crippen molar-refractivity contribution in [2.45, 2.75) is 31.6 Å². The second-order valence-electron chi connectivity index (χ2n) is 5.39. The highest BCUT2D eigenvalue weighted by Crippen LogP contribution is 2.31. The van der Waals surface area contributed by atoms with Crippen LogP contribution in [-0.4, -0.2) is 48.0 Å². The SMILES string of the molecule is OCCCN(CCO)CC1CCCc2ccccc21. The maximum atomic E-state index is 9.16. The summed E-state index contributed by atoms with van der Waals surface area (Å²) in [5, 5.41) is 18.1. The van der Waals surface area contributed by atoms with Gasteiger partial charge in [0.1, 0.15) is 0 Å². The maximum Gasteiger partial charge on any atom is 0.0558 e. The molecule has 0 saturated carbocycles. The first kappa shape index (κ1) is 14.5. The van der Waals surface area contributed by atoms with Gasteiger partial charge in [-0.2, -0.15) is 0 Å². The van der Waals surface area contributed by atoms with Crippen molar-refractivity contribution in [3.05, 3.63) is 35.4 Å². The number of aryl methyl sites for hydroxylation is 1. The molecule has 0 aliphatic heterocycles. The largest absolute Gasteiger partial charge is 0.396 e. The Kier molecular flexibility index (Phi) is 5.83. The zero-order chi connectivity index (χ0) is 13.5. The van der Waals surface area contributed by atoms with Gasteiger partial charge in [-0.3, -0.25) is 0 Å². The predicted octanol–water partition coefficient (Wildman–Crippen LogP) is 1.78. The monoisotopic (exact) mass is 263 g/mol. The van der Waals surface area contributed by atoms with Crippen LogP contribution >= 0.6 is 0 Å². The summed E-state index contributed by atoms with van der Waals surface area (Å²) < 4.78 is 0. The quantitative estimate of drug-likeness (QED) is 0.788. The Morgan fingerprint density at radius 3 is 2.74 bits per heavy atom. The molecule has 0 radical (unpaired) electrons. The molecular formula is C16H25NO2. The molecule has 1 aliphatic rings. The van der Waals surface area contributed by atoms with Gasteiger partial charge in [0.05, 0.1) is 6.61 Å². The van der Waals surface area contributed by atoms with E-state index >= 15 is 0 Å². The van der Waals surface area contributed by atoms with Crippen LogP contribution in [0.15, 0.2) is 24.3 Å². The third-order valence-corrected chi connectivity index (χ3v) is 4.02. The molecule has 0 bridgehead atoms. The highest BCUT2D eigenvalue weighted by Gasteiger charge is 2.21. The second-order valence-corrected chi connectivity index (χ2v) is 5.39. The average molecular weight is 263 g/mol. The van der Waals surface area contributed by atoms with Crippen molar-refractivity contribution in [1.82, 2.24) is 4.90 Å². The molecule has 0 saturated heterocycles. The van der Waals surface area contributed by atoms with E-state index in [1.807, 2.05) is 0 Å². The predicted molar refractivity (Wildman–Crippen MR) is 77.3 cm³/mol. The number of nitrogens with zero attached hydrogens (tertiary/aromatic N) is 1. The Morgan fingerprint density at radius 2 is 1.95 bits per heavy atom. The van der Waals surface area contributed by atoms with Crippen LogP contribution in [0.1, 0.15) is 36.3 Å². The molecule has 1 unspecified atom stereocenters. The molecule has 106 valence electrons. The molecule has 1 atom stereocenters. The minimum atomic E-state index is 0.194. The molecule has 19 heavy (non-hydrogen) atoms. The van der Waals surface area contributed by atoms with Crippen LogP contribution in [-0.2, 0) is 6.42 Å². The molecule has 1 aliphatic carbocycles. The smallest absolute Gasteiger partial charge is 0.0558 e. The lowest BCUT2D eigenvalue weighted by atomic mass is 9.82. The summed E-state index contributed by atoms with van der Waals surface area (Å²) >= 11 is 0. The van der Waals surface area contributed by atoms with E-state index in [2.05, 4.69) is 29.2 Å². The number of aliphatic hydroxyl groups is 2. The number of fused-ring (bicyclic) bond motifs is 1. The summed E-state index contributed by atoms with van der Waals surface area (Å²) in [5.74, 6) is 0.579. The lowest BCUT2D eigenvalue weighted by molar-refractivity contribution is 0.169. The van der Waals surface area contributed by atoms with Crippen molar-refractivity contribution in [1.29, 1.82) is 0 Å². The summed E-state index contributed by atoms with van der Waals surface area (Å²) in [6, 6.07) is 8.74. The Bertz CT molecular complexity index is 381. The Morgan fingerprint density at radius 1 is 1.11 bits per heavy atom. The van der Waals surface area contributed by atoms with Gasteiger partial charge in [-0.25, -0.2) is 0 Å². The molecule has 0 heterocycles. The molecular weight excluding hydrogens is 238 g/mol. The molecule has 1 aromatic rings. The van der Waals surface area contributed by atoms with Crippen LogP contribution in [0.5, 0.6) is 0 Å². The van der Waals surface area contributed by atoms with Crippen molar-refractivity contribution < 1.29 is 10.2 Å². The zero-order valence-electron chi connectivity index (χ0n) is 11.6. The van der Waals surface area contributed by atoms with Crippen LogP contribution in [0.2, 0.25) is 0 Å². The van der Waals surface area contributed by atoms with Crippen LogP contribution in [0.3, 0.4) is 0 Å². The summed E-state index contributed by atoms with van der Waals surface area (Å²) in [5.41, 5.74) is 2.98. The van der Waals surface area contributed by atoms with Crippen LogP contribution in [0.25, 0.3) is 0 Å². The molecule has 2 N–H and O–H groups in total. The first-order chi connectivity index (χ1) is 9.35. The van der Waals surface area contributed by atoms with E-state index in [4.69, 9.17) is 10.2 Å². The molecule has 0 amide bonds. The van der Waals surface area contributed by atoms with Gasteiger partial charge in [-0.05, 0) is 42.7 Å². The number of hydrogen-bond donors (Lipinski definition) is 2. The van der Waals surface area contributed by atoms with E-state index in [0.29, 0.717) is 12.5 Å². The Hall–Kier alpha value is -0.900. The van der Waals surface area contributed by atoms with Gasteiger partial charge in [-0.15, -0.1) is 0 Å². The van der Waals surface area contributed by atoms with Gasteiger partial charge in [0.2, 0.25) is 0 Å².